The van der Waals surface area contributed by atoms with Gasteiger partial charge in [0.25, 0.3) is 0 Å². The Morgan fingerprint density at radius 1 is 0.900 bits per heavy atom. The van der Waals surface area contributed by atoms with E-state index in [1.807, 2.05) is 42.5 Å². The Bertz CT molecular complexity index is 1160. The third-order valence-corrected chi connectivity index (χ3v) is 5.58. The fourth-order valence-electron chi connectivity index (χ4n) is 4.22. The highest BCUT2D eigenvalue weighted by molar-refractivity contribution is 6.10. The van der Waals surface area contributed by atoms with Crippen LogP contribution in [-0.4, -0.2) is 15.5 Å². The molecule has 0 aliphatic carbocycles. The zero-order chi connectivity index (χ0) is 21.1. The van der Waals surface area contributed by atoms with Gasteiger partial charge in [0.15, 0.2) is 5.78 Å². The number of aromatic nitrogens is 1. The highest BCUT2D eigenvalue weighted by Gasteiger charge is 2.24. The molecule has 0 unspecified atom stereocenters. The van der Waals surface area contributed by atoms with Gasteiger partial charge in [0.1, 0.15) is 5.75 Å². The first-order chi connectivity index (χ1) is 14.5. The predicted octanol–water partition coefficient (Wildman–Crippen LogP) is 6.33. The van der Waals surface area contributed by atoms with Crippen LogP contribution in [-0.2, 0) is 13.0 Å². The molecule has 4 aromatic rings. The van der Waals surface area contributed by atoms with Gasteiger partial charge < -0.3 is 9.67 Å². The first kappa shape index (κ1) is 20.0. The van der Waals surface area contributed by atoms with Crippen molar-refractivity contribution in [2.45, 2.75) is 39.2 Å². The fourth-order valence-corrected chi connectivity index (χ4v) is 4.22. The molecule has 0 fully saturated rings. The minimum absolute atomic E-state index is 0.130. The number of aromatic hydroxyl groups is 1. The molecule has 0 aliphatic heterocycles. The van der Waals surface area contributed by atoms with Gasteiger partial charge in [-0.1, -0.05) is 74.5 Å². The Hall–Kier alpha value is -3.33. The lowest BCUT2D eigenvalue weighted by Crippen LogP contribution is -2.10. The number of ketones is 1. The zero-order valence-corrected chi connectivity index (χ0v) is 17.5. The second-order valence-corrected chi connectivity index (χ2v) is 8.10. The lowest BCUT2D eigenvalue weighted by atomic mass is 9.96. The van der Waals surface area contributed by atoms with Crippen LogP contribution in [0.15, 0.2) is 78.9 Å². The number of Topliss-reactive ketones (excluding diaryl/α,β-unsaturated/α-hetero) is 1. The Kier molecular flexibility index (Phi) is 5.71. The first-order valence-corrected chi connectivity index (χ1v) is 10.5. The van der Waals surface area contributed by atoms with Crippen LogP contribution in [0.3, 0.4) is 0 Å². The number of hydrogen-bond donors (Lipinski definition) is 1. The van der Waals surface area contributed by atoms with Gasteiger partial charge in [0.05, 0.1) is 0 Å². The molecule has 0 saturated heterocycles. The summed E-state index contributed by atoms with van der Waals surface area (Å²) >= 11 is 0. The van der Waals surface area contributed by atoms with Crippen LogP contribution < -0.4 is 0 Å². The van der Waals surface area contributed by atoms with E-state index >= 15 is 0 Å². The maximum absolute atomic E-state index is 13.4. The van der Waals surface area contributed by atoms with Crippen LogP contribution in [0.4, 0.5) is 0 Å². The van der Waals surface area contributed by atoms with Crippen molar-refractivity contribution in [2.75, 3.05) is 0 Å². The zero-order valence-electron chi connectivity index (χ0n) is 17.5. The molecule has 3 heteroatoms. The summed E-state index contributed by atoms with van der Waals surface area (Å²) in [6.07, 6.45) is 1.16. The number of carbonyl (C=O) groups is 1. The normalized spacial score (nSPS) is 11.3. The van der Waals surface area contributed by atoms with E-state index in [1.54, 1.807) is 12.1 Å². The molecule has 3 nitrogen and oxygen atoms in total. The molecule has 152 valence electrons. The maximum Gasteiger partial charge on any atom is 0.165 e. The summed E-state index contributed by atoms with van der Waals surface area (Å²) in [5.74, 6) is 0.496. The summed E-state index contributed by atoms with van der Waals surface area (Å²) in [6, 6.07) is 25.8. The third-order valence-electron chi connectivity index (χ3n) is 5.58. The van der Waals surface area contributed by atoms with Gasteiger partial charge in [-0.05, 0) is 41.7 Å². The summed E-state index contributed by atoms with van der Waals surface area (Å²) in [5.41, 5.74) is 5.13. The molecule has 0 amide bonds. The van der Waals surface area contributed by atoms with Gasteiger partial charge in [-0.2, -0.15) is 0 Å². The highest BCUT2D eigenvalue weighted by atomic mass is 16.3. The minimum Gasteiger partial charge on any atom is -0.508 e. The van der Waals surface area contributed by atoms with Gasteiger partial charge in [0.2, 0.25) is 0 Å². The molecular formula is C27H27NO2. The summed E-state index contributed by atoms with van der Waals surface area (Å²) < 4.78 is 2.24. The van der Waals surface area contributed by atoms with Crippen molar-refractivity contribution in [1.29, 1.82) is 0 Å². The topological polar surface area (TPSA) is 42.2 Å². The number of carbonyl (C=O) groups excluding carboxylic acids is 1. The number of aryl methyl sites for hydroxylation is 1. The van der Waals surface area contributed by atoms with Crippen molar-refractivity contribution in [3.63, 3.8) is 0 Å². The van der Waals surface area contributed by atoms with Crippen molar-refractivity contribution < 1.29 is 9.90 Å². The largest absolute Gasteiger partial charge is 0.508 e. The van der Waals surface area contributed by atoms with E-state index in [1.165, 1.54) is 5.56 Å². The van der Waals surface area contributed by atoms with Gasteiger partial charge >= 0.3 is 0 Å². The molecule has 3 aromatic carbocycles. The second kappa shape index (κ2) is 8.58. The molecule has 0 bridgehead atoms. The van der Waals surface area contributed by atoms with Gasteiger partial charge in [-0.25, -0.2) is 0 Å². The van der Waals surface area contributed by atoms with E-state index in [0.717, 1.165) is 27.7 Å². The van der Waals surface area contributed by atoms with Crippen molar-refractivity contribution in [2.24, 2.45) is 0 Å². The molecule has 1 heterocycles. The Morgan fingerprint density at radius 3 is 2.17 bits per heavy atom. The summed E-state index contributed by atoms with van der Waals surface area (Å²) in [6.45, 7) is 4.95. The van der Waals surface area contributed by atoms with Crippen LogP contribution in [0.1, 0.15) is 53.4 Å². The average Bonchev–Trinajstić information content (AvgIpc) is 3.07. The number of hydrogen-bond acceptors (Lipinski definition) is 2. The molecular weight excluding hydrogens is 370 g/mol. The van der Waals surface area contributed by atoms with Crippen LogP contribution in [0.5, 0.6) is 5.75 Å². The lowest BCUT2D eigenvalue weighted by Gasteiger charge is -2.15. The summed E-state index contributed by atoms with van der Waals surface area (Å²) in [5, 5.41) is 11.0. The Labute approximate surface area is 177 Å². The number of rotatable bonds is 7. The van der Waals surface area contributed by atoms with Crippen molar-refractivity contribution in [3.8, 4) is 5.75 Å². The number of fused-ring (bicyclic) bond motifs is 1. The van der Waals surface area contributed by atoms with Crippen molar-refractivity contribution in [1.82, 2.24) is 4.57 Å². The maximum atomic E-state index is 13.4. The second-order valence-electron chi connectivity index (χ2n) is 8.10. The van der Waals surface area contributed by atoms with Crippen LogP contribution in [0, 0.1) is 0 Å². The SMILES string of the molecule is CC(C)c1c(C(=O)CCc2ccccc2)c2cc(O)ccc2n1Cc1ccccc1. The summed E-state index contributed by atoms with van der Waals surface area (Å²) in [4.78, 5) is 13.4. The molecule has 30 heavy (non-hydrogen) atoms. The molecule has 0 spiro atoms. The Balaban J connectivity index is 1.80. The fraction of sp³-hybridized carbons (Fsp3) is 0.222. The molecule has 1 aromatic heterocycles. The van der Waals surface area contributed by atoms with E-state index in [0.29, 0.717) is 19.4 Å². The first-order valence-electron chi connectivity index (χ1n) is 10.5. The molecule has 1 N–H and O–H groups in total. The van der Waals surface area contributed by atoms with Crippen LogP contribution in [0.25, 0.3) is 10.9 Å². The van der Waals surface area contributed by atoms with Gasteiger partial charge in [-0.15, -0.1) is 0 Å². The average molecular weight is 398 g/mol. The van der Waals surface area contributed by atoms with E-state index in [2.05, 4.69) is 42.7 Å². The van der Waals surface area contributed by atoms with E-state index in [-0.39, 0.29) is 17.5 Å². The standard InChI is InChI=1S/C27H27NO2/c1-19(2)27-26(25(30)16-13-20-9-5-3-6-10-20)23-17-22(29)14-15-24(23)28(27)18-21-11-7-4-8-12-21/h3-12,14-15,17,19,29H,13,16,18H2,1-2H3. The highest BCUT2D eigenvalue weighted by Crippen LogP contribution is 2.35. The van der Waals surface area contributed by atoms with Crippen LogP contribution in [0.2, 0.25) is 0 Å². The van der Waals surface area contributed by atoms with Crippen molar-refractivity contribution >= 4 is 16.7 Å². The number of phenolic OH excluding ortho intramolecular Hbond substituents is 1. The van der Waals surface area contributed by atoms with E-state index in [4.69, 9.17) is 0 Å². The van der Waals surface area contributed by atoms with E-state index < -0.39 is 0 Å². The molecule has 0 aliphatic rings. The molecule has 4 rings (SSSR count). The third kappa shape index (κ3) is 4.02. The van der Waals surface area contributed by atoms with Crippen LogP contribution >= 0.6 is 0 Å². The lowest BCUT2D eigenvalue weighted by molar-refractivity contribution is 0.0983. The number of nitrogens with zero attached hydrogens (tertiary/aromatic N) is 1. The molecule has 0 atom stereocenters. The minimum atomic E-state index is 0.130. The number of phenols is 1. The smallest absolute Gasteiger partial charge is 0.165 e. The van der Waals surface area contributed by atoms with Crippen molar-refractivity contribution in [3.05, 3.63) is 101 Å². The van der Waals surface area contributed by atoms with E-state index in [9.17, 15) is 9.90 Å². The van der Waals surface area contributed by atoms with Gasteiger partial charge in [-0.3, -0.25) is 4.79 Å². The summed E-state index contributed by atoms with van der Waals surface area (Å²) in [7, 11) is 0. The molecule has 0 radical (unpaired) electrons. The van der Waals surface area contributed by atoms with Gasteiger partial charge in [0, 0.05) is 35.1 Å². The Morgan fingerprint density at radius 2 is 1.53 bits per heavy atom. The molecule has 0 saturated carbocycles. The quantitative estimate of drug-likeness (QED) is 0.370. The number of benzene rings is 3. The predicted molar refractivity (Wildman–Crippen MR) is 122 cm³/mol. The monoisotopic (exact) mass is 397 g/mol.